The molecule has 0 radical (unpaired) electrons. The van der Waals surface area contributed by atoms with Crippen LogP contribution >= 0.6 is 0 Å². The van der Waals surface area contributed by atoms with E-state index in [-0.39, 0.29) is 29.8 Å². The molecule has 3 heterocycles. The summed E-state index contributed by atoms with van der Waals surface area (Å²) in [6, 6.07) is 19.2. The highest BCUT2D eigenvalue weighted by Gasteiger charge is 2.43. The molecule has 0 spiro atoms. The van der Waals surface area contributed by atoms with Crippen molar-refractivity contribution in [2.75, 3.05) is 49.1 Å². The van der Waals surface area contributed by atoms with Gasteiger partial charge in [-0.05, 0) is 49.9 Å². The average Bonchev–Trinajstić information content (AvgIpc) is 2.88. The summed E-state index contributed by atoms with van der Waals surface area (Å²) in [6.45, 7) is 6.21. The highest BCUT2D eigenvalue weighted by atomic mass is 16.5. The quantitative estimate of drug-likeness (QED) is 0.673. The number of esters is 1. The van der Waals surface area contributed by atoms with Crippen LogP contribution in [-0.2, 0) is 20.7 Å². The van der Waals surface area contributed by atoms with Crippen molar-refractivity contribution in [2.24, 2.45) is 11.8 Å². The van der Waals surface area contributed by atoms with Crippen LogP contribution in [0.4, 0.5) is 11.4 Å². The van der Waals surface area contributed by atoms with Crippen molar-refractivity contribution < 1.29 is 14.3 Å². The number of fused-ring (bicyclic) bond motifs is 3. The highest BCUT2D eigenvalue weighted by molar-refractivity contribution is 5.83. The molecule has 3 aliphatic rings. The predicted octanol–water partition coefficient (Wildman–Crippen LogP) is 3.36. The molecule has 2 atom stereocenters. The van der Waals surface area contributed by atoms with Gasteiger partial charge in [-0.3, -0.25) is 9.59 Å². The van der Waals surface area contributed by atoms with Gasteiger partial charge in [0, 0.05) is 44.1 Å². The maximum atomic E-state index is 13.8. The largest absolute Gasteiger partial charge is 0.466 e. The van der Waals surface area contributed by atoms with E-state index in [1.165, 1.54) is 16.9 Å². The smallest absolute Gasteiger partial charge is 0.309 e. The fraction of sp³-hybridized carbons (Fsp3) is 0.481. The number of likely N-dealkylation sites (tertiary alicyclic amines) is 1. The third-order valence-corrected chi connectivity index (χ3v) is 7.49. The first-order valence-electron chi connectivity index (χ1n) is 12.3. The number of benzene rings is 2. The lowest BCUT2D eigenvalue weighted by atomic mass is 9.82. The Bertz CT molecular complexity index is 987. The van der Waals surface area contributed by atoms with E-state index in [4.69, 9.17) is 4.74 Å². The van der Waals surface area contributed by atoms with Crippen molar-refractivity contribution >= 4 is 23.3 Å². The zero-order valence-electron chi connectivity index (χ0n) is 19.4. The van der Waals surface area contributed by atoms with Crippen LogP contribution in [-0.4, -0.2) is 62.1 Å². The van der Waals surface area contributed by atoms with E-state index in [0.717, 1.165) is 26.1 Å². The van der Waals surface area contributed by atoms with Gasteiger partial charge in [-0.2, -0.15) is 0 Å². The van der Waals surface area contributed by atoms with Crippen LogP contribution < -0.4 is 9.80 Å². The summed E-state index contributed by atoms with van der Waals surface area (Å²) in [5.41, 5.74) is 3.76. The molecule has 0 N–H and O–H groups in total. The fourth-order valence-corrected chi connectivity index (χ4v) is 5.75. The highest BCUT2D eigenvalue weighted by Crippen LogP contribution is 2.38. The van der Waals surface area contributed by atoms with Gasteiger partial charge in [0.05, 0.1) is 24.5 Å². The summed E-state index contributed by atoms with van der Waals surface area (Å²) in [5.74, 6) is -0.0451. The van der Waals surface area contributed by atoms with Crippen molar-refractivity contribution in [3.63, 3.8) is 0 Å². The molecule has 1 amide bonds. The summed E-state index contributed by atoms with van der Waals surface area (Å²) in [7, 11) is 0. The lowest BCUT2D eigenvalue weighted by molar-refractivity contribution is -0.152. The lowest BCUT2D eigenvalue weighted by Gasteiger charge is -2.50. The summed E-state index contributed by atoms with van der Waals surface area (Å²) in [5, 5.41) is 0. The molecule has 0 bridgehead atoms. The van der Waals surface area contributed by atoms with Crippen LogP contribution in [0.3, 0.4) is 0 Å². The Morgan fingerprint density at radius 1 is 0.939 bits per heavy atom. The Kier molecular flexibility index (Phi) is 6.25. The van der Waals surface area contributed by atoms with Gasteiger partial charge < -0.3 is 19.4 Å². The number of piperidine rings is 1. The minimum absolute atomic E-state index is 0.0782. The molecule has 0 unspecified atom stereocenters. The topological polar surface area (TPSA) is 53.1 Å². The third-order valence-electron chi connectivity index (χ3n) is 7.49. The van der Waals surface area contributed by atoms with E-state index in [2.05, 4.69) is 58.3 Å². The number of hydrogen-bond donors (Lipinski definition) is 0. The molecule has 2 aromatic rings. The maximum absolute atomic E-state index is 13.8. The lowest BCUT2D eigenvalue weighted by Crippen LogP contribution is -2.62. The standard InChI is InChI=1S/C27H33N3O3/c1-2-33-27(32)20-12-14-28(15-13-20)26(31)23-18-21-8-6-7-11-24(21)30-17-16-29(19-25(23)30)22-9-4-3-5-10-22/h3-11,20,23,25H,2,12-19H2,1H3/t23-,25-/m1/s1. The third kappa shape index (κ3) is 4.31. The molecule has 0 saturated carbocycles. The molecule has 6 nitrogen and oxygen atoms in total. The van der Waals surface area contributed by atoms with Gasteiger partial charge >= 0.3 is 5.97 Å². The van der Waals surface area contributed by atoms with Crippen LogP contribution in [0.25, 0.3) is 0 Å². The second-order valence-electron chi connectivity index (χ2n) is 9.33. The van der Waals surface area contributed by atoms with Crippen molar-refractivity contribution in [1.82, 2.24) is 4.90 Å². The number of para-hydroxylation sites is 2. The van der Waals surface area contributed by atoms with Gasteiger partial charge in [-0.25, -0.2) is 0 Å². The predicted molar refractivity (Wildman–Crippen MR) is 129 cm³/mol. The summed E-state index contributed by atoms with van der Waals surface area (Å²) >= 11 is 0. The molecular formula is C27H33N3O3. The Balaban J connectivity index is 1.35. The Morgan fingerprint density at radius 3 is 2.42 bits per heavy atom. The van der Waals surface area contributed by atoms with E-state index in [1.807, 2.05) is 17.9 Å². The van der Waals surface area contributed by atoms with Crippen LogP contribution in [0.15, 0.2) is 54.6 Å². The Labute approximate surface area is 196 Å². The van der Waals surface area contributed by atoms with Crippen LogP contribution in [0, 0.1) is 11.8 Å². The van der Waals surface area contributed by atoms with E-state index >= 15 is 0 Å². The molecule has 33 heavy (non-hydrogen) atoms. The molecule has 0 aliphatic carbocycles. The number of piperazine rings is 1. The summed E-state index contributed by atoms with van der Waals surface area (Å²) in [6.07, 6.45) is 2.16. The van der Waals surface area contributed by atoms with Crippen molar-refractivity contribution in [3.05, 3.63) is 60.2 Å². The van der Waals surface area contributed by atoms with Gasteiger partial charge in [-0.15, -0.1) is 0 Å². The monoisotopic (exact) mass is 447 g/mol. The van der Waals surface area contributed by atoms with Crippen molar-refractivity contribution in [3.8, 4) is 0 Å². The van der Waals surface area contributed by atoms with E-state index in [1.54, 1.807) is 0 Å². The number of ether oxygens (including phenoxy) is 1. The number of anilines is 2. The van der Waals surface area contributed by atoms with Gasteiger partial charge in [0.1, 0.15) is 0 Å². The zero-order valence-corrected chi connectivity index (χ0v) is 19.4. The summed E-state index contributed by atoms with van der Waals surface area (Å²) in [4.78, 5) is 32.8. The summed E-state index contributed by atoms with van der Waals surface area (Å²) < 4.78 is 5.20. The molecular weight excluding hydrogens is 414 g/mol. The number of hydrogen-bond acceptors (Lipinski definition) is 5. The van der Waals surface area contributed by atoms with Gasteiger partial charge in [0.25, 0.3) is 0 Å². The fourth-order valence-electron chi connectivity index (χ4n) is 5.75. The number of nitrogens with zero attached hydrogens (tertiary/aromatic N) is 3. The molecule has 0 aromatic heterocycles. The van der Waals surface area contributed by atoms with Crippen LogP contribution in [0.2, 0.25) is 0 Å². The van der Waals surface area contributed by atoms with E-state index in [9.17, 15) is 9.59 Å². The molecule has 6 heteroatoms. The average molecular weight is 448 g/mol. The van der Waals surface area contributed by atoms with Gasteiger partial charge in [0.2, 0.25) is 5.91 Å². The molecule has 2 aromatic carbocycles. The number of carbonyl (C=O) groups is 2. The van der Waals surface area contributed by atoms with Crippen molar-refractivity contribution in [1.29, 1.82) is 0 Å². The van der Waals surface area contributed by atoms with Gasteiger partial charge in [-0.1, -0.05) is 36.4 Å². The minimum Gasteiger partial charge on any atom is -0.466 e. The van der Waals surface area contributed by atoms with E-state index in [0.29, 0.717) is 32.5 Å². The Morgan fingerprint density at radius 2 is 1.67 bits per heavy atom. The van der Waals surface area contributed by atoms with Crippen LogP contribution in [0.1, 0.15) is 25.3 Å². The maximum Gasteiger partial charge on any atom is 0.309 e. The molecule has 2 saturated heterocycles. The van der Waals surface area contributed by atoms with Gasteiger partial charge in [0.15, 0.2) is 0 Å². The van der Waals surface area contributed by atoms with E-state index < -0.39 is 0 Å². The number of carbonyl (C=O) groups excluding carboxylic acids is 2. The first-order valence-corrected chi connectivity index (χ1v) is 12.3. The normalized spacial score (nSPS) is 23.0. The first-order chi connectivity index (χ1) is 16.2. The number of amides is 1. The minimum atomic E-state index is -0.117. The molecule has 174 valence electrons. The molecule has 3 aliphatic heterocycles. The molecule has 5 rings (SSSR count). The SMILES string of the molecule is CCOC(=O)C1CCN(C(=O)[C@@H]2Cc3ccccc3N3CCN(c4ccccc4)C[C@H]23)CC1. The second kappa shape index (κ2) is 9.46. The number of rotatable bonds is 4. The zero-order chi connectivity index (χ0) is 22.8. The molecule has 2 fully saturated rings. The Hall–Kier alpha value is -3.02. The second-order valence-corrected chi connectivity index (χ2v) is 9.33. The first kappa shape index (κ1) is 21.8. The van der Waals surface area contributed by atoms with Crippen LogP contribution in [0.5, 0.6) is 0 Å². The van der Waals surface area contributed by atoms with Crippen molar-refractivity contribution in [2.45, 2.75) is 32.2 Å².